The number of halogens is 2. The van der Waals surface area contributed by atoms with Gasteiger partial charge in [0.1, 0.15) is 5.82 Å². The fourth-order valence-electron chi connectivity index (χ4n) is 2.51. The highest BCUT2D eigenvalue weighted by molar-refractivity contribution is 6.30. The topological polar surface area (TPSA) is 29.3 Å². The van der Waals surface area contributed by atoms with Crippen LogP contribution in [0.3, 0.4) is 0 Å². The molecule has 0 bridgehead atoms. The van der Waals surface area contributed by atoms with Crippen molar-refractivity contribution in [2.24, 2.45) is 17.6 Å². The molecule has 1 atom stereocenters. The number of hydrogen-bond acceptors (Lipinski definition) is 2. The summed E-state index contributed by atoms with van der Waals surface area (Å²) in [7, 11) is 0. The molecule has 2 N–H and O–H groups in total. The molecule has 0 spiro atoms. The van der Waals surface area contributed by atoms with Gasteiger partial charge in [-0.15, -0.1) is 0 Å². The molecule has 2 nitrogen and oxygen atoms in total. The smallest absolute Gasteiger partial charge is 0.129 e. The molecule has 1 aromatic carbocycles. The van der Waals surface area contributed by atoms with Crippen LogP contribution in [-0.2, 0) is 0 Å². The van der Waals surface area contributed by atoms with Crippen molar-refractivity contribution in [3.8, 4) is 0 Å². The minimum atomic E-state index is -0.273. The van der Waals surface area contributed by atoms with E-state index in [-0.39, 0.29) is 11.9 Å². The maximum Gasteiger partial charge on any atom is 0.129 e. The predicted octanol–water partition coefficient (Wildman–Crippen LogP) is 4.09. The van der Waals surface area contributed by atoms with Crippen molar-refractivity contribution < 1.29 is 4.39 Å². The Morgan fingerprint density at radius 3 is 2.10 bits per heavy atom. The minimum Gasteiger partial charge on any atom is -0.329 e. The van der Waals surface area contributed by atoms with Crippen molar-refractivity contribution in [3.63, 3.8) is 0 Å². The third-order valence-electron chi connectivity index (χ3n) is 3.18. The summed E-state index contributed by atoms with van der Waals surface area (Å²) in [6, 6.07) is 4.74. The van der Waals surface area contributed by atoms with Crippen molar-refractivity contribution in [1.29, 1.82) is 0 Å². The van der Waals surface area contributed by atoms with E-state index in [1.807, 2.05) is 0 Å². The van der Waals surface area contributed by atoms with Gasteiger partial charge in [0.25, 0.3) is 0 Å². The van der Waals surface area contributed by atoms with Gasteiger partial charge in [-0.25, -0.2) is 4.39 Å². The third kappa shape index (κ3) is 5.04. The fraction of sp³-hybridized carbons (Fsp3) is 0.625. The molecule has 0 amide bonds. The van der Waals surface area contributed by atoms with E-state index in [0.717, 1.165) is 13.1 Å². The highest BCUT2D eigenvalue weighted by Crippen LogP contribution is 2.26. The SMILES string of the molecule is CC(C)CN(CC(C)C)C(CN)c1ccc(Cl)cc1F. The monoisotopic (exact) mass is 300 g/mol. The largest absolute Gasteiger partial charge is 0.329 e. The zero-order valence-corrected chi connectivity index (χ0v) is 13.6. The average Bonchev–Trinajstić information content (AvgIpc) is 2.31. The van der Waals surface area contributed by atoms with Gasteiger partial charge < -0.3 is 5.73 Å². The lowest BCUT2D eigenvalue weighted by molar-refractivity contribution is 0.157. The average molecular weight is 301 g/mol. The molecule has 0 aliphatic carbocycles. The first-order chi connectivity index (χ1) is 9.35. The first kappa shape index (κ1) is 17.4. The second-order valence-electron chi connectivity index (χ2n) is 6.16. The van der Waals surface area contributed by atoms with E-state index in [9.17, 15) is 4.39 Å². The zero-order chi connectivity index (χ0) is 15.3. The lowest BCUT2D eigenvalue weighted by Gasteiger charge is -2.34. The normalized spacial score (nSPS) is 13.5. The van der Waals surface area contributed by atoms with Gasteiger partial charge >= 0.3 is 0 Å². The summed E-state index contributed by atoms with van der Waals surface area (Å²) in [5, 5.41) is 0.418. The molecular formula is C16H26ClFN2. The van der Waals surface area contributed by atoms with E-state index < -0.39 is 0 Å². The highest BCUT2D eigenvalue weighted by atomic mass is 35.5. The number of hydrogen-bond donors (Lipinski definition) is 1. The quantitative estimate of drug-likeness (QED) is 0.821. The van der Waals surface area contributed by atoms with E-state index >= 15 is 0 Å². The summed E-state index contributed by atoms with van der Waals surface area (Å²) in [5.74, 6) is 0.752. The second kappa shape index (κ2) is 7.96. The Bertz CT molecular complexity index is 411. The Hall–Kier alpha value is -0.640. The molecule has 0 aliphatic heterocycles. The van der Waals surface area contributed by atoms with E-state index in [1.165, 1.54) is 6.07 Å². The van der Waals surface area contributed by atoms with Crippen molar-refractivity contribution in [2.75, 3.05) is 19.6 Å². The van der Waals surface area contributed by atoms with Gasteiger partial charge in [-0.1, -0.05) is 45.4 Å². The van der Waals surface area contributed by atoms with Gasteiger partial charge in [-0.2, -0.15) is 0 Å². The summed E-state index contributed by atoms with van der Waals surface area (Å²) in [5.41, 5.74) is 6.56. The van der Waals surface area contributed by atoms with Crippen LogP contribution in [0.1, 0.15) is 39.3 Å². The molecular weight excluding hydrogens is 275 g/mol. The lowest BCUT2D eigenvalue weighted by Crippen LogP contribution is -2.39. The first-order valence-electron chi connectivity index (χ1n) is 7.24. The molecule has 1 rings (SSSR count). The maximum atomic E-state index is 14.2. The van der Waals surface area contributed by atoms with Crippen LogP contribution in [0.5, 0.6) is 0 Å². The summed E-state index contributed by atoms with van der Waals surface area (Å²) in [6.07, 6.45) is 0. The van der Waals surface area contributed by atoms with Crippen LogP contribution < -0.4 is 5.73 Å². The third-order valence-corrected chi connectivity index (χ3v) is 3.42. The summed E-state index contributed by atoms with van der Waals surface area (Å²) >= 11 is 5.83. The Balaban J connectivity index is 3.04. The number of rotatable bonds is 7. The Labute approximate surface area is 127 Å². The van der Waals surface area contributed by atoms with Crippen LogP contribution >= 0.6 is 11.6 Å². The molecule has 0 heterocycles. The van der Waals surface area contributed by atoms with Crippen molar-refractivity contribution in [1.82, 2.24) is 4.90 Å². The molecule has 0 saturated carbocycles. The maximum absolute atomic E-state index is 14.2. The Kier molecular flexibility index (Phi) is 6.93. The van der Waals surface area contributed by atoms with E-state index in [2.05, 4.69) is 32.6 Å². The zero-order valence-electron chi connectivity index (χ0n) is 12.9. The van der Waals surface area contributed by atoms with E-state index in [4.69, 9.17) is 17.3 Å². The fourth-order valence-corrected chi connectivity index (χ4v) is 2.67. The van der Waals surface area contributed by atoms with Crippen LogP contribution in [0.2, 0.25) is 5.02 Å². The van der Waals surface area contributed by atoms with Crippen molar-refractivity contribution >= 4 is 11.6 Å². The van der Waals surface area contributed by atoms with Crippen molar-refractivity contribution in [2.45, 2.75) is 33.7 Å². The van der Waals surface area contributed by atoms with Gasteiger partial charge in [-0.05, 0) is 24.0 Å². The molecule has 114 valence electrons. The van der Waals surface area contributed by atoms with Gasteiger partial charge in [0.2, 0.25) is 0 Å². The first-order valence-corrected chi connectivity index (χ1v) is 7.62. The Morgan fingerprint density at radius 2 is 1.70 bits per heavy atom. The molecule has 0 aromatic heterocycles. The summed E-state index contributed by atoms with van der Waals surface area (Å²) in [6.45, 7) is 10.9. The molecule has 0 saturated heterocycles. The number of nitrogens with zero attached hydrogens (tertiary/aromatic N) is 1. The Morgan fingerprint density at radius 1 is 1.15 bits per heavy atom. The second-order valence-corrected chi connectivity index (χ2v) is 6.60. The molecule has 0 aliphatic rings. The van der Waals surface area contributed by atoms with Gasteiger partial charge in [0, 0.05) is 36.3 Å². The standard InChI is InChI=1S/C16H26ClFN2/c1-11(2)9-20(10-12(3)4)16(8-19)14-6-5-13(17)7-15(14)18/h5-7,11-12,16H,8-10,19H2,1-4H3. The highest BCUT2D eigenvalue weighted by Gasteiger charge is 2.23. The molecule has 4 heteroatoms. The number of benzene rings is 1. The van der Waals surface area contributed by atoms with Crippen LogP contribution in [0, 0.1) is 17.7 Å². The number of nitrogens with two attached hydrogens (primary N) is 1. The molecule has 0 fully saturated rings. The van der Waals surface area contributed by atoms with E-state index in [0.29, 0.717) is 29.0 Å². The lowest BCUT2D eigenvalue weighted by atomic mass is 10.0. The molecule has 0 radical (unpaired) electrons. The van der Waals surface area contributed by atoms with Gasteiger partial charge in [-0.3, -0.25) is 4.90 Å². The molecule has 1 unspecified atom stereocenters. The van der Waals surface area contributed by atoms with Gasteiger partial charge in [0.05, 0.1) is 0 Å². The van der Waals surface area contributed by atoms with Crippen molar-refractivity contribution in [3.05, 3.63) is 34.6 Å². The summed E-state index contributed by atoms with van der Waals surface area (Å²) < 4.78 is 14.2. The van der Waals surface area contributed by atoms with Gasteiger partial charge in [0.15, 0.2) is 0 Å². The van der Waals surface area contributed by atoms with Crippen LogP contribution in [0.15, 0.2) is 18.2 Å². The minimum absolute atomic E-state index is 0.0999. The van der Waals surface area contributed by atoms with E-state index in [1.54, 1.807) is 12.1 Å². The van der Waals surface area contributed by atoms with Crippen LogP contribution in [0.4, 0.5) is 4.39 Å². The van der Waals surface area contributed by atoms with Crippen LogP contribution in [-0.4, -0.2) is 24.5 Å². The molecule has 1 aromatic rings. The van der Waals surface area contributed by atoms with Crippen LogP contribution in [0.25, 0.3) is 0 Å². The predicted molar refractivity (Wildman–Crippen MR) is 84.5 cm³/mol. The summed E-state index contributed by atoms with van der Waals surface area (Å²) in [4.78, 5) is 2.28. The molecule has 20 heavy (non-hydrogen) atoms.